The summed E-state index contributed by atoms with van der Waals surface area (Å²) in [6.45, 7) is 0.854. The Kier molecular flexibility index (Phi) is 7.00. The van der Waals surface area contributed by atoms with E-state index >= 15 is 0 Å². The average Bonchev–Trinajstić information content (AvgIpc) is 2.48. The molecular formula is C15H15N5O. The molecule has 0 saturated heterocycles. The summed E-state index contributed by atoms with van der Waals surface area (Å²) < 4.78 is 0. The first-order valence-corrected chi connectivity index (χ1v) is 6.46. The number of nitrogens with zero attached hydrogens (tertiary/aromatic N) is 4. The van der Waals surface area contributed by atoms with Crippen molar-refractivity contribution in [2.45, 2.75) is 12.8 Å². The van der Waals surface area contributed by atoms with Crippen LogP contribution in [0.5, 0.6) is 0 Å². The third-order valence-corrected chi connectivity index (χ3v) is 2.79. The SMILES string of the molecule is N#CCN(CC#N)CCCC(=O)Nc1ccccc1C#N. The van der Waals surface area contributed by atoms with Gasteiger partial charge in [0.25, 0.3) is 0 Å². The van der Waals surface area contributed by atoms with Gasteiger partial charge in [-0.05, 0) is 18.6 Å². The van der Waals surface area contributed by atoms with Crippen molar-refractivity contribution in [1.29, 1.82) is 15.8 Å². The molecule has 0 fully saturated rings. The van der Waals surface area contributed by atoms with Gasteiger partial charge in [-0.2, -0.15) is 15.8 Å². The Morgan fingerprint density at radius 2 is 1.81 bits per heavy atom. The fourth-order valence-electron chi connectivity index (χ4n) is 1.78. The van der Waals surface area contributed by atoms with Crippen LogP contribution in [-0.4, -0.2) is 30.4 Å². The van der Waals surface area contributed by atoms with Gasteiger partial charge in [-0.15, -0.1) is 0 Å². The molecule has 6 heteroatoms. The molecule has 1 aromatic carbocycles. The number of rotatable bonds is 7. The molecule has 106 valence electrons. The largest absolute Gasteiger partial charge is 0.325 e. The van der Waals surface area contributed by atoms with E-state index < -0.39 is 0 Å². The lowest BCUT2D eigenvalue weighted by Gasteiger charge is -2.14. The maximum absolute atomic E-state index is 11.8. The summed E-state index contributed by atoms with van der Waals surface area (Å²) in [6.07, 6.45) is 0.817. The van der Waals surface area contributed by atoms with E-state index in [1.807, 2.05) is 18.2 Å². The molecule has 0 heterocycles. The van der Waals surface area contributed by atoms with E-state index in [1.54, 1.807) is 29.2 Å². The van der Waals surface area contributed by atoms with Crippen LogP contribution in [0.2, 0.25) is 0 Å². The Morgan fingerprint density at radius 1 is 1.14 bits per heavy atom. The predicted octanol–water partition coefficient (Wildman–Crippen LogP) is 1.63. The molecule has 0 aliphatic carbocycles. The first kappa shape index (κ1) is 16.2. The first-order valence-electron chi connectivity index (χ1n) is 6.46. The van der Waals surface area contributed by atoms with Gasteiger partial charge < -0.3 is 5.32 Å². The molecule has 1 N–H and O–H groups in total. The van der Waals surface area contributed by atoms with E-state index in [0.717, 1.165) is 0 Å². The predicted molar refractivity (Wildman–Crippen MR) is 76.7 cm³/mol. The van der Waals surface area contributed by atoms with Crippen molar-refractivity contribution in [2.75, 3.05) is 25.0 Å². The zero-order valence-corrected chi connectivity index (χ0v) is 11.5. The van der Waals surface area contributed by atoms with Crippen LogP contribution < -0.4 is 5.32 Å². The Morgan fingerprint density at radius 3 is 2.43 bits per heavy atom. The Hall–Kier alpha value is -2.88. The minimum atomic E-state index is -0.188. The Labute approximate surface area is 123 Å². The first-order chi connectivity index (χ1) is 10.2. The van der Waals surface area contributed by atoms with Crippen LogP contribution in [0.3, 0.4) is 0 Å². The average molecular weight is 281 g/mol. The summed E-state index contributed by atoms with van der Waals surface area (Å²) in [6, 6.07) is 12.8. The highest BCUT2D eigenvalue weighted by Crippen LogP contribution is 2.13. The molecule has 21 heavy (non-hydrogen) atoms. The summed E-state index contributed by atoms with van der Waals surface area (Å²) >= 11 is 0. The summed E-state index contributed by atoms with van der Waals surface area (Å²) in [5.74, 6) is -0.188. The van der Waals surface area contributed by atoms with E-state index in [2.05, 4.69) is 5.32 Å². The van der Waals surface area contributed by atoms with Crippen LogP contribution in [0.4, 0.5) is 5.69 Å². The highest BCUT2D eigenvalue weighted by Gasteiger charge is 2.08. The number of anilines is 1. The topological polar surface area (TPSA) is 104 Å². The van der Waals surface area contributed by atoms with Gasteiger partial charge in [-0.25, -0.2) is 0 Å². The zero-order valence-electron chi connectivity index (χ0n) is 11.5. The van der Waals surface area contributed by atoms with Crippen molar-refractivity contribution in [3.05, 3.63) is 29.8 Å². The number of benzene rings is 1. The number of hydrogen-bond donors (Lipinski definition) is 1. The molecule has 1 aromatic rings. The second kappa shape index (κ2) is 9.09. The minimum Gasteiger partial charge on any atom is -0.325 e. The molecule has 0 aliphatic heterocycles. The molecule has 0 atom stereocenters. The normalized spacial score (nSPS) is 9.43. The van der Waals surface area contributed by atoms with Crippen LogP contribution >= 0.6 is 0 Å². The summed E-state index contributed by atoms with van der Waals surface area (Å²) in [7, 11) is 0. The summed E-state index contributed by atoms with van der Waals surface area (Å²) in [5, 5.41) is 28.8. The molecule has 1 rings (SSSR count). The van der Waals surface area contributed by atoms with Crippen molar-refractivity contribution in [2.24, 2.45) is 0 Å². The Bertz CT molecular complexity index is 590. The maximum atomic E-state index is 11.8. The lowest BCUT2D eigenvalue weighted by molar-refractivity contribution is -0.116. The molecule has 0 aromatic heterocycles. The monoisotopic (exact) mass is 281 g/mol. The van der Waals surface area contributed by atoms with Crippen LogP contribution in [0.15, 0.2) is 24.3 Å². The molecule has 0 radical (unpaired) electrons. The van der Waals surface area contributed by atoms with E-state index in [0.29, 0.717) is 24.2 Å². The second-order valence-corrected chi connectivity index (χ2v) is 4.34. The van der Waals surface area contributed by atoms with Crippen molar-refractivity contribution in [3.63, 3.8) is 0 Å². The van der Waals surface area contributed by atoms with Crippen LogP contribution in [0, 0.1) is 34.0 Å². The van der Waals surface area contributed by atoms with E-state index in [4.69, 9.17) is 15.8 Å². The minimum absolute atomic E-state index is 0.173. The van der Waals surface area contributed by atoms with Crippen LogP contribution in [0.1, 0.15) is 18.4 Å². The van der Waals surface area contributed by atoms with Crippen molar-refractivity contribution < 1.29 is 4.79 Å². The molecule has 0 spiro atoms. The number of para-hydroxylation sites is 1. The third kappa shape index (κ3) is 5.74. The lowest BCUT2D eigenvalue weighted by atomic mass is 10.2. The van der Waals surface area contributed by atoms with Gasteiger partial charge in [0.1, 0.15) is 6.07 Å². The fraction of sp³-hybridized carbons (Fsp3) is 0.333. The van der Waals surface area contributed by atoms with Gasteiger partial charge in [0.2, 0.25) is 5.91 Å². The number of carbonyl (C=O) groups is 1. The van der Waals surface area contributed by atoms with Gasteiger partial charge in [-0.1, -0.05) is 12.1 Å². The van der Waals surface area contributed by atoms with Gasteiger partial charge in [-0.3, -0.25) is 9.69 Å². The zero-order chi connectivity index (χ0) is 15.5. The summed E-state index contributed by atoms with van der Waals surface area (Å²) in [5.41, 5.74) is 0.914. The molecule has 0 aliphatic rings. The number of amides is 1. The maximum Gasteiger partial charge on any atom is 0.224 e. The van der Waals surface area contributed by atoms with Gasteiger partial charge in [0.15, 0.2) is 0 Å². The molecule has 0 saturated carbocycles. The lowest BCUT2D eigenvalue weighted by Crippen LogP contribution is -2.26. The van der Waals surface area contributed by atoms with E-state index in [1.165, 1.54) is 0 Å². The third-order valence-electron chi connectivity index (χ3n) is 2.79. The van der Waals surface area contributed by atoms with E-state index in [-0.39, 0.29) is 25.4 Å². The van der Waals surface area contributed by atoms with Crippen LogP contribution in [0.25, 0.3) is 0 Å². The number of nitrogens with one attached hydrogen (secondary N) is 1. The molecule has 1 amide bonds. The summed E-state index contributed by atoms with van der Waals surface area (Å²) in [4.78, 5) is 13.5. The molecule has 0 unspecified atom stereocenters. The molecule has 6 nitrogen and oxygen atoms in total. The fourth-order valence-corrected chi connectivity index (χ4v) is 1.78. The standard InChI is InChI=1S/C15H15N5O/c16-7-10-20(11-8-17)9-3-6-15(21)19-14-5-2-1-4-13(14)12-18/h1-2,4-5H,3,6,9-11H2,(H,19,21). The Balaban J connectivity index is 2.43. The van der Waals surface area contributed by atoms with Crippen LogP contribution in [-0.2, 0) is 4.79 Å². The number of hydrogen-bond acceptors (Lipinski definition) is 5. The molecular weight excluding hydrogens is 266 g/mol. The highest BCUT2D eigenvalue weighted by molar-refractivity contribution is 5.92. The number of carbonyl (C=O) groups excluding carboxylic acids is 1. The second-order valence-electron chi connectivity index (χ2n) is 4.34. The van der Waals surface area contributed by atoms with Gasteiger partial charge >= 0.3 is 0 Å². The smallest absolute Gasteiger partial charge is 0.224 e. The quantitative estimate of drug-likeness (QED) is 0.765. The van der Waals surface area contributed by atoms with Crippen molar-refractivity contribution in [3.8, 4) is 18.2 Å². The molecule has 0 bridgehead atoms. The van der Waals surface area contributed by atoms with Crippen molar-refractivity contribution in [1.82, 2.24) is 4.90 Å². The van der Waals surface area contributed by atoms with Crippen molar-refractivity contribution >= 4 is 11.6 Å². The van der Waals surface area contributed by atoms with Gasteiger partial charge in [0.05, 0.1) is 36.5 Å². The van der Waals surface area contributed by atoms with Gasteiger partial charge in [0, 0.05) is 13.0 Å². The number of nitriles is 3. The highest BCUT2D eigenvalue weighted by atomic mass is 16.1. The van der Waals surface area contributed by atoms with E-state index in [9.17, 15) is 4.79 Å².